The number of carbonyl (C=O) groups is 1. The Labute approximate surface area is 89.1 Å². The zero-order valence-electron chi connectivity index (χ0n) is 8.95. The molecule has 0 radical (unpaired) electrons. The molecule has 2 rings (SSSR count). The summed E-state index contributed by atoms with van der Waals surface area (Å²) in [5.74, 6) is 0.0270. The summed E-state index contributed by atoms with van der Waals surface area (Å²) < 4.78 is 0. The van der Waals surface area contributed by atoms with E-state index in [9.17, 15) is 4.79 Å². The van der Waals surface area contributed by atoms with Gasteiger partial charge in [-0.15, -0.1) is 0 Å². The van der Waals surface area contributed by atoms with Gasteiger partial charge >= 0.3 is 0 Å². The summed E-state index contributed by atoms with van der Waals surface area (Å²) in [4.78, 5) is 13.6. The monoisotopic (exact) mass is 205 g/mol. The number of nitrogens with zero attached hydrogens (tertiary/aromatic N) is 1. The summed E-state index contributed by atoms with van der Waals surface area (Å²) >= 11 is 0. The number of fused-ring (bicyclic) bond motifs is 1. The van der Waals surface area contributed by atoms with E-state index in [2.05, 4.69) is 5.32 Å². The molecule has 80 valence electrons. The quantitative estimate of drug-likeness (QED) is 0.716. The molecule has 1 unspecified atom stereocenters. The largest absolute Gasteiger partial charge is 0.361 e. The number of rotatable bonds is 1. The van der Waals surface area contributed by atoms with E-state index in [4.69, 9.17) is 5.73 Å². The van der Waals surface area contributed by atoms with Crippen molar-refractivity contribution in [1.29, 1.82) is 0 Å². The Balaban J connectivity index is 2.55. The van der Waals surface area contributed by atoms with E-state index in [-0.39, 0.29) is 11.9 Å². The Morgan fingerprint density at radius 2 is 2.27 bits per heavy atom. The standard InChI is InChI=1S/C11H15N3O/c1-7-11(15)13-9-5-3-4-8(6-12)10(9)14(7)2/h3-5,7H,6,12H2,1-2H3,(H,13,15). The minimum absolute atomic E-state index is 0.0270. The summed E-state index contributed by atoms with van der Waals surface area (Å²) in [6.45, 7) is 2.36. The van der Waals surface area contributed by atoms with Gasteiger partial charge in [0.05, 0.1) is 11.4 Å². The highest BCUT2D eigenvalue weighted by Gasteiger charge is 2.27. The van der Waals surface area contributed by atoms with Crippen LogP contribution in [-0.2, 0) is 11.3 Å². The van der Waals surface area contributed by atoms with E-state index in [1.54, 1.807) is 0 Å². The molecule has 0 aromatic heterocycles. The topological polar surface area (TPSA) is 58.4 Å². The molecule has 1 aromatic rings. The van der Waals surface area contributed by atoms with Gasteiger partial charge in [0.25, 0.3) is 0 Å². The van der Waals surface area contributed by atoms with Crippen molar-refractivity contribution in [2.75, 3.05) is 17.3 Å². The summed E-state index contributed by atoms with van der Waals surface area (Å²) in [6, 6.07) is 5.64. The predicted octanol–water partition coefficient (Wildman–Crippen LogP) is 0.922. The number of hydrogen-bond donors (Lipinski definition) is 2. The molecule has 0 bridgehead atoms. The van der Waals surface area contributed by atoms with Gasteiger partial charge < -0.3 is 16.0 Å². The maximum Gasteiger partial charge on any atom is 0.246 e. The average Bonchev–Trinajstić information content (AvgIpc) is 2.25. The number of nitrogens with two attached hydrogens (primary N) is 1. The molecule has 0 spiro atoms. The summed E-state index contributed by atoms with van der Waals surface area (Å²) in [6.07, 6.45) is 0. The van der Waals surface area contributed by atoms with Crippen molar-refractivity contribution in [2.45, 2.75) is 19.5 Å². The van der Waals surface area contributed by atoms with Crippen LogP contribution in [0.3, 0.4) is 0 Å². The third kappa shape index (κ3) is 1.47. The van der Waals surface area contributed by atoms with Crippen molar-refractivity contribution in [3.63, 3.8) is 0 Å². The van der Waals surface area contributed by atoms with E-state index >= 15 is 0 Å². The average molecular weight is 205 g/mol. The van der Waals surface area contributed by atoms with E-state index in [0.717, 1.165) is 16.9 Å². The first-order chi connectivity index (χ1) is 7.15. The van der Waals surface area contributed by atoms with Crippen molar-refractivity contribution in [3.05, 3.63) is 23.8 Å². The van der Waals surface area contributed by atoms with Crippen LogP contribution in [-0.4, -0.2) is 19.0 Å². The molecule has 1 amide bonds. The molecule has 0 fully saturated rings. The number of amides is 1. The molecule has 1 aliphatic heterocycles. The van der Waals surface area contributed by atoms with E-state index in [1.165, 1.54) is 0 Å². The normalized spacial score (nSPS) is 19.8. The predicted molar refractivity (Wildman–Crippen MR) is 60.8 cm³/mol. The van der Waals surface area contributed by atoms with Gasteiger partial charge in [0, 0.05) is 13.6 Å². The molecular weight excluding hydrogens is 190 g/mol. The van der Waals surface area contributed by atoms with Crippen LogP contribution in [0.4, 0.5) is 11.4 Å². The third-order valence-electron chi connectivity index (χ3n) is 2.91. The lowest BCUT2D eigenvalue weighted by molar-refractivity contribution is -0.117. The summed E-state index contributed by atoms with van der Waals surface area (Å²) in [7, 11) is 1.92. The van der Waals surface area contributed by atoms with Gasteiger partial charge in [-0.2, -0.15) is 0 Å². The summed E-state index contributed by atoms with van der Waals surface area (Å²) in [5, 5.41) is 2.88. The fraction of sp³-hybridized carbons (Fsp3) is 0.364. The highest BCUT2D eigenvalue weighted by atomic mass is 16.2. The van der Waals surface area contributed by atoms with Crippen LogP contribution in [0.25, 0.3) is 0 Å². The van der Waals surface area contributed by atoms with Crippen molar-refractivity contribution in [2.24, 2.45) is 5.73 Å². The number of benzene rings is 1. The second kappa shape index (κ2) is 3.55. The fourth-order valence-corrected chi connectivity index (χ4v) is 1.88. The van der Waals surface area contributed by atoms with Gasteiger partial charge in [0.2, 0.25) is 5.91 Å². The van der Waals surface area contributed by atoms with Gasteiger partial charge in [-0.3, -0.25) is 4.79 Å². The van der Waals surface area contributed by atoms with Crippen LogP contribution in [0.2, 0.25) is 0 Å². The first-order valence-corrected chi connectivity index (χ1v) is 5.00. The number of para-hydroxylation sites is 1. The lowest BCUT2D eigenvalue weighted by Gasteiger charge is -2.34. The Bertz CT molecular complexity index is 403. The smallest absolute Gasteiger partial charge is 0.246 e. The first kappa shape index (κ1) is 9.98. The molecule has 3 N–H and O–H groups in total. The van der Waals surface area contributed by atoms with E-state index in [1.807, 2.05) is 37.1 Å². The van der Waals surface area contributed by atoms with Crippen molar-refractivity contribution >= 4 is 17.3 Å². The Morgan fingerprint density at radius 3 is 2.93 bits per heavy atom. The Morgan fingerprint density at radius 1 is 1.53 bits per heavy atom. The van der Waals surface area contributed by atoms with Gasteiger partial charge in [0.15, 0.2) is 0 Å². The molecule has 0 saturated carbocycles. The van der Waals surface area contributed by atoms with Gasteiger partial charge in [-0.25, -0.2) is 0 Å². The van der Waals surface area contributed by atoms with Crippen LogP contribution >= 0.6 is 0 Å². The number of hydrogen-bond acceptors (Lipinski definition) is 3. The van der Waals surface area contributed by atoms with Crippen molar-refractivity contribution in [1.82, 2.24) is 0 Å². The molecule has 4 heteroatoms. The van der Waals surface area contributed by atoms with Gasteiger partial charge in [-0.05, 0) is 18.6 Å². The molecule has 1 aromatic carbocycles. The minimum atomic E-state index is -0.148. The fourth-order valence-electron chi connectivity index (χ4n) is 1.88. The minimum Gasteiger partial charge on any atom is -0.361 e. The number of carbonyl (C=O) groups excluding carboxylic acids is 1. The highest BCUT2D eigenvalue weighted by molar-refractivity contribution is 6.03. The second-order valence-electron chi connectivity index (χ2n) is 3.79. The molecule has 1 heterocycles. The molecule has 0 aliphatic carbocycles. The molecule has 15 heavy (non-hydrogen) atoms. The lowest BCUT2D eigenvalue weighted by atomic mass is 10.1. The van der Waals surface area contributed by atoms with Crippen LogP contribution < -0.4 is 16.0 Å². The highest BCUT2D eigenvalue weighted by Crippen LogP contribution is 2.33. The third-order valence-corrected chi connectivity index (χ3v) is 2.91. The molecule has 4 nitrogen and oxygen atoms in total. The molecular formula is C11H15N3O. The lowest BCUT2D eigenvalue weighted by Crippen LogP contribution is -2.44. The molecule has 1 aliphatic rings. The first-order valence-electron chi connectivity index (χ1n) is 5.00. The van der Waals surface area contributed by atoms with Crippen LogP contribution in [0.1, 0.15) is 12.5 Å². The van der Waals surface area contributed by atoms with E-state index in [0.29, 0.717) is 6.54 Å². The Hall–Kier alpha value is -1.55. The van der Waals surface area contributed by atoms with Crippen LogP contribution in [0.5, 0.6) is 0 Å². The van der Waals surface area contributed by atoms with Crippen molar-refractivity contribution in [3.8, 4) is 0 Å². The number of nitrogens with one attached hydrogen (secondary N) is 1. The number of likely N-dealkylation sites (N-methyl/N-ethyl adjacent to an activating group) is 1. The van der Waals surface area contributed by atoms with Crippen LogP contribution in [0.15, 0.2) is 18.2 Å². The maximum atomic E-state index is 11.6. The van der Waals surface area contributed by atoms with Crippen molar-refractivity contribution < 1.29 is 4.79 Å². The van der Waals surface area contributed by atoms with E-state index < -0.39 is 0 Å². The van der Waals surface area contributed by atoms with Gasteiger partial charge in [0.1, 0.15) is 6.04 Å². The summed E-state index contributed by atoms with van der Waals surface area (Å²) in [5.41, 5.74) is 8.62. The number of anilines is 2. The Kier molecular flexibility index (Phi) is 2.36. The molecule has 1 atom stereocenters. The molecule has 0 saturated heterocycles. The SMILES string of the molecule is CC1C(=O)Nc2cccc(CN)c2N1C. The van der Waals surface area contributed by atoms with Crippen LogP contribution in [0, 0.1) is 0 Å². The zero-order chi connectivity index (χ0) is 11.0. The zero-order valence-corrected chi connectivity index (χ0v) is 8.95. The second-order valence-corrected chi connectivity index (χ2v) is 3.79. The maximum absolute atomic E-state index is 11.6. The van der Waals surface area contributed by atoms with Gasteiger partial charge in [-0.1, -0.05) is 12.1 Å².